The highest BCUT2D eigenvalue weighted by molar-refractivity contribution is 5.81. The van der Waals surface area contributed by atoms with Gasteiger partial charge in [0.15, 0.2) is 0 Å². The summed E-state index contributed by atoms with van der Waals surface area (Å²) in [5.74, 6) is -0.674. The topological polar surface area (TPSA) is 99.5 Å². The maximum atomic E-state index is 13.2. The summed E-state index contributed by atoms with van der Waals surface area (Å²) in [7, 11) is 0. The summed E-state index contributed by atoms with van der Waals surface area (Å²) in [5.41, 5.74) is -0.0867. The van der Waals surface area contributed by atoms with Gasteiger partial charge in [-0.1, -0.05) is 12.1 Å². The zero-order valence-corrected chi connectivity index (χ0v) is 13.9. The first kappa shape index (κ1) is 19.9. The number of hydrogen-bond donors (Lipinski definition) is 3. The van der Waals surface area contributed by atoms with Crippen molar-refractivity contribution in [2.45, 2.75) is 12.2 Å². The molecule has 144 valence electrons. The normalized spacial score (nSPS) is 16.7. The van der Waals surface area contributed by atoms with E-state index in [9.17, 15) is 28.1 Å². The summed E-state index contributed by atoms with van der Waals surface area (Å²) in [5, 5.41) is 18.7. The van der Waals surface area contributed by atoms with Crippen LogP contribution < -0.4 is 16.0 Å². The zero-order valence-electron chi connectivity index (χ0n) is 13.9. The Morgan fingerprint density at radius 2 is 1.96 bits per heavy atom. The third-order valence-corrected chi connectivity index (χ3v) is 4.00. The zero-order chi connectivity index (χ0) is 19.2. The molecule has 0 spiro atoms. The Morgan fingerprint density at radius 1 is 1.31 bits per heavy atom. The first-order chi connectivity index (χ1) is 12.3. The van der Waals surface area contributed by atoms with E-state index < -0.39 is 29.6 Å². The molecule has 3 N–H and O–H groups in total. The predicted octanol–water partition coefficient (Wildman–Crippen LogP) is 0.959. The first-order valence-corrected chi connectivity index (χ1v) is 8.04. The number of nitro groups is 1. The minimum atomic E-state index is -4.46. The van der Waals surface area contributed by atoms with Gasteiger partial charge in [0.2, 0.25) is 5.91 Å². The highest BCUT2D eigenvalue weighted by Gasteiger charge is 2.43. The van der Waals surface area contributed by atoms with Crippen molar-refractivity contribution < 1.29 is 22.9 Å². The smallest absolute Gasteiger partial charge is 0.371 e. The van der Waals surface area contributed by atoms with E-state index in [1.54, 1.807) is 6.07 Å². The van der Waals surface area contributed by atoms with E-state index in [-0.39, 0.29) is 31.0 Å². The molecule has 1 aromatic carbocycles. The van der Waals surface area contributed by atoms with Gasteiger partial charge in [0.05, 0.1) is 11.5 Å². The fraction of sp³-hybridized carbons (Fsp3) is 0.533. The fourth-order valence-electron chi connectivity index (χ4n) is 2.68. The minimum absolute atomic E-state index is 0.127. The summed E-state index contributed by atoms with van der Waals surface area (Å²) < 4.78 is 39.7. The van der Waals surface area contributed by atoms with Gasteiger partial charge in [0.25, 0.3) is 5.69 Å². The molecule has 1 unspecified atom stereocenters. The van der Waals surface area contributed by atoms with Gasteiger partial charge < -0.3 is 16.0 Å². The largest absolute Gasteiger partial charge is 0.405 e. The van der Waals surface area contributed by atoms with Crippen LogP contribution in [0.5, 0.6) is 0 Å². The van der Waals surface area contributed by atoms with Crippen LogP contribution in [0.3, 0.4) is 0 Å². The molecule has 1 fully saturated rings. The quantitative estimate of drug-likeness (QED) is 0.485. The van der Waals surface area contributed by atoms with Crippen LogP contribution in [0.1, 0.15) is 0 Å². The second-order valence-corrected chi connectivity index (χ2v) is 5.78. The predicted molar refractivity (Wildman–Crippen MR) is 88.9 cm³/mol. The molecule has 0 saturated carbocycles. The van der Waals surface area contributed by atoms with Gasteiger partial charge in [-0.25, -0.2) is 0 Å². The van der Waals surface area contributed by atoms with E-state index in [4.69, 9.17) is 0 Å². The number of halogens is 3. The van der Waals surface area contributed by atoms with Gasteiger partial charge in [-0.15, -0.1) is 0 Å². The molecule has 1 heterocycles. The van der Waals surface area contributed by atoms with Crippen molar-refractivity contribution in [1.29, 1.82) is 0 Å². The molecule has 0 aliphatic carbocycles. The lowest BCUT2D eigenvalue weighted by Crippen LogP contribution is -2.57. The molecule has 1 amide bonds. The Hall–Kier alpha value is -2.40. The summed E-state index contributed by atoms with van der Waals surface area (Å²) in [4.78, 5) is 23.4. The van der Waals surface area contributed by atoms with Crippen molar-refractivity contribution >= 4 is 17.3 Å². The van der Waals surface area contributed by atoms with Crippen molar-refractivity contribution in [3.63, 3.8) is 0 Å². The molecular formula is C15H20F3N5O3. The Balaban J connectivity index is 1.89. The number of para-hydroxylation sites is 2. The Morgan fingerprint density at radius 3 is 2.58 bits per heavy atom. The lowest BCUT2D eigenvalue weighted by molar-refractivity contribution is -0.383. The van der Waals surface area contributed by atoms with Crippen LogP contribution in [0.25, 0.3) is 0 Å². The third-order valence-electron chi connectivity index (χ3n) is 4.00. The van der Waals surface area contributed by atoms with E-state index in [0.717, 1.165) is 0 Å². The van der Waals surface area contributed by atoms with Gasteiger partial charge in [0.1, 0.15) is 11.7 Å². The van der Waals surface area contributed by atoms with Gasteiger partial charge in [-0.05, 0) is 6.07 Å². The Bertz CT molecular complexity index is 635. The van der Waals surface area contributed by atoms with E-state index in [1.165, 1.54) is 23.1 Å². The summed E-state index contributed by atoms with van der Waals surface area (Å²) in [6.07, 6.45) is -4.46. The standard InChI is InChI=1S/C15H20F3N5O3/c16-15(17,18)13(22-7-5-19-6-8-22)9-21-14(24)10-20-11-3-1-2-4-12(11)23(25)26/h1-4,13,19-20H,5-10H2,(H,21,24). The van der Waals surface area contributed by atoms with Crippen molar-refractivity contribution in [2.24, 2.45) is 0 Å². The van der Waals surface area contributed by atoms with E-state index in [0.29, 0.717) is 13.1 Å². The molecule has 2 rings (SSSR count). The number of rotatable bonds is 7. The molecule has 1 atom stereocenters. The molecule has 11 heteroatoms. The van der Waals surface area contributed by atoms with E-state index in [2.05, 4.69) is 16.0 Å². The number of nitrogens with zero attached hydrogens (tertiary/aromatic N) is 2. The number of nitro benzene ring substituents is 1. The lowest BCUT2D eigenvalue weighted by Gasteiger charge is -2.35. The maximum Gasteiger partial charge on any atom is 0.405 e. The second kappa shape index (κ2) is 8.81. The molecule has 0 radical (unpaired) electrons. The van der Waals surface area contributed by atoms with Gasteiger partial charge in [0, 0.05) is 38.8 Å². The van der Waals surface area contributed by atoms with Crippen LogP contribution in [-0.4, -0.2) is 67.2 Å². The molecule has 1 aliphatic rings. The summed E-state index contributed by atoms with van der Waals surface area (Å²) >= 11 is 0. The van der Waals surface area contributed by atoms with Crippen LogP contribution in [0.2, 0.25) is 0 Å². The fourth-order valence-corrected chi connectivity index (χ4v) is 2.68. The molecule has 26 heavy (non-hydrogen) atoms. The minimum Gasteiger partial charge on any atom is -0.371 e. The van der Waals surface area contributed by atoms with Crippen LogP contribution in [0, 0.1) is 10.1 Å². The maximum absolute atomic E-state index is 13.2. The average Bonchev–Trinajstić information content (AvgIpc) is 2.60. The first-order valence-electron chi connectivity index (χ1n) is 8.04. The van der Waals surface area contributed by atoms with Gasteiger partial charge in [-0.3, -0.25) is 19.8 Å². The molecule has 0 bridgehead atoms. The highest BCUT2D eigenvalue weighted by Crippen LogP contribution is 2.25. The molecular weight excluding hydrogens is 355 g/mol. The molecule has 0 aromatic heterocycles. The number of piperazine rings is 1. The molecule has 1 aliphatic heterocycles. The monoisotopic (exact) mass is 375 g/mol. The Kier molecular flexibility index (Phi) is 6.75. The lowest BCUT2D eigenvalue weighted by atomic mass is 10.2. The second-order valence-electron chi connectivity index (χ2n) is 5.78. The van der Waals surface area contributed by atoms with E-state index >= 15 is 0 Å². The number of anilines is 1. The van der Waals surface area contributed by atoms with Crippen molar-refractivity contribution in [1.82, 2.24) is 15.5 Å². The van der Waals surface area contributed by atoms with Gasteiger partial charge in [-0.2, -0.15) is 13.2 Å². The van der Waals surface area contributed by atoms with Crippen LogP contribution in [0.15, 0.2) is 24.3 Å². The van der Waals surface area contributed by atoms with E-state index in [1.807, 2.05) is 0 Å². The molecule has 1 saturated heterocycles. The average molecular weight is 375 g/mol. The van der Waals surface area contributed by atoms with Crippen molar-refractivity contribution in [3.05, 3.63) is 34.4 Å². The molecule has 1 aromatic rings. The Labute approximate surface area is 147 Å². The number of hydrogen-bond acceptors (Lipinski definition) is 6. The van der Waals surface area contributed by atoms with Crippen molar-refractivity contribution in [3.8, 4) is 0 Å². The number of amides is 1. The van der Waals surface area contributed by atoms with Gasteiger partial charge >= 0.3 is 6.18 Å². The number of benzene rings is 1. The SMILES string of the molecule is O=C(CNc1ccccc1[N+](=O)[O-])NCC(N1CCNCC1)C(F)(F)F. The number of nitrogens with one attached hydrogen (secondary N) is 3. The summed E-state index contributed by atoms with van der Waals surface area (Å²) in [6.45, 7) is 0.473. The third kappa shape index (κ3) is 5.56. The molecule has 8 nitrogen and oxygen atoms in total. The highest BCUT2D eigenvalue weighted by atomic mass is 19.4. The van der Waals surface area contributed by atoms with Crippen LogP contribution in [-0.2, 0) is 4.79 Å². The number of carbonyl (C=O) groups is 1. The van der Waals surface area contributed by atoms with Crippen LogP contribution in [0.4, 0.5) is 24.5 Å². The number of alkyl halides is 3. The summed E-state index contributed by atoms with van der Waals surface area (Å²) in [6, 6.07) is 3.96. The van der Waals surface area contributed by atoms with Crippen molar-refractivity contribution in [2.75, 3.05) is 44.6 Å². The van der Waals surface area contributed by atoms with Crippen LogP contribution >= 0.6 is 0 Å². The number of carbonyl (C=O) groups excluding carboxylic acids is 1.